The van der Waals surface area contributed by atoms with Crippen LogP contribution in [0.25, 0.3) is 33.1 Å². The topological polar surface area (TPSA) is 57.0 Å². The lowest BCUT2D eigenvalue weighted by atomic mass is 10.0. The first-order valence-electron chi connectivity index (χ1n) is 8.64. The molecule has 4 aromatic rings. The Morgan fingerprint density at radius 2 is 1.96 bits per heavy atom. The number of aromatic nitrogens is 3. The minimum atomic E-state index is -0.288. The molecular formula is C21H19N3O2. The van der Waals surface area contributed by atoms with Gasteiger partial charge in [-0.2, -0.15) is 5.10 Å². The van der Waals surface area contributed by atoms with Gasteiger partial charge in [-0.05, 0) is 38.1 Å². The summed E-state index contributed by atoms with van der Waals surface area (Å²) in [5.41, 5.74) is 4.85. The molecule has 5 nitrogen and oxygen atoms in total. The molecule has 0 aliphatic heterocycles. The Hall–Kier alpha value is -3.21. The van der Waals surface area contributed by atoms with E-state index in [0.29, 0.717) is 6.61 Å². The number of pyridine rings is 1. The maximum Gasteiger partial charge on any atom is 0.327 e. The summed E-state index contributed by atoms with van der Waals surface area (Å²) < 4.78 is 6.81. The number of benzene rings is 2. The van der Waals surface area contributed by atoms with Crippen molar-refractivity contribution in [2.75, 3.05) is 6.61 Å². The summed E-state index contributed by atoms with van der Waals surface area (Å²) in [5.74, 6) is -0.288. The van der Waals surface area contributed by atoms with Crippen LogP contribution in [0.15, 0.2) is 54.7 Å². The Bertz CT molecular complexity index is 1110. The Morgan fingerprint density at radius 1 is 1.12 bits per heavy atom. The van der Waals surface area contributed by atoms with Crippen molar-refractivity contribution in [2.24, 2.45) is 0 Å². The Kier molecular flexibility index (Phi) is 4.13. The van der Waals surface area contributed by atoms with E-state index in [0.717, 1.165) is 38.6 Å². The van der Waals surface area contributed by atoms with E-state index in [1.807, 2.05) is 42.5 Å². The van der Waals surface area contributed by atoms with Crippen LogP contribution in [0.1, 0.15) is 12.5 Å². The number of para-hydroxylation sites is 1. The van der Waals surface area contributed by atoms with E-state index >= 15 is 0 Å². The maximum absolute atomic E-state index is 12.0. The number of hydrogen-bond acceptors (Lipinski definition) is 4. The number of carbonyl (C=O) groups is 1. The van der Waals surface area contributed by atoms with Crippen LogP contribution >= 0.6 is 0 Å². The zero-order valence-electron chi connectivity index (χ0n) is 14.8. The van der Waals surface area contributed by atoms with Crippen LogP contribution < -0.4 is 0 Å². The summed E-state index contributed by atoms with van der Waals surface area (Å²) in [6.07, 6.45) is 1.80. The first kappa shape index (κ1) is 16.3. The maximum atomic E-state index is 12.0. The summed E-state index contributed by atoms with van der Waals surface area (Å²) in [4.78, 5) is 16.4. The molecule has 0 aliphatic carbocycles. The molecule has 0 N–H and O–H groups in total. The van der Waals surface area contributed by atoms with Crippen molar-refractivity contribution in [3.63, 3.8) is 0 Å². The van der Waals surface area contributed by atoms with Crippen LogP contribution in [0.3, 0.4) is 0 Å². The molecule has 5 heteroatoms. The van der Waals surface area contributed by atoms with E-state index in [1.54, 1.807) is 17.8 Å². The van der Waals surface area contributed by atoms with Crippen molar-refractivity contribution in [3.8, 4) is 11.3 Å². The molecule has 130 valence electrons. The lowest BCUT2D eigenvalue weighted by Gasteiger charge is -2.04. The number of rotatable bonds is 4. The Balaban J connectivity index is 1.94. The largest absolute Gasteiger partial charge is 0.465 e. The fraction of sp³-hybridized carbons (Fsp3) is 0.190. The van der Waals surface area contributed by atoms with E-state index in [4.69, 9.17) is 9.84 Å². The van der Waals surface area contributed by atoms with Crippen LogP contribution in [0, 0.1) is 6.92 Å². The lowest BCUT2D eigenvalue weighted by Crippen LogP contribution is -2.14. The van der Waals surface area contributed by atoms with Gasteiger partial charge in [0.1, 0.15) is 12.2 Å². The van der Waals surface area contributed by atoms with E-state index in [1.165, 1.54) is 0 Å². The highest BCUT2D eigenvalue weighted by Crippen LogP contribution is 2.33. The van der Waals surface area contributed by atoms with Crippen LogP contribution in [0.2, 0.25) is 0 Å². The van der Waals surface area contributed by atoms with Crippen LogP contribution in [0.5, 0.6) is 0 Å². The molecule has 2 aromatic heterocycles. The van der Waals surface area contributed by atoms with Crippen LogP contribution in [-0.2, 0) is 16.1 Å². The molecule has 0 saturated carbocycles. The second-order valence-electron chi connectivity index (χ2n) is 6.21. The molecule has 0 radical (unpaired) electrons. The molecule has 0 bridgehead atoms. The predicted octanol–water partition coefficient (Wildman–Crippen LogP) is 4.12. The zero-order valence-corrected chi connectivity index (χ0v) is 14.8. The second-order valence-corrected chi connectivity index (χ2v) is 6.21. The van der Waals surface area contributed by atoms with Crippen molar-refractivity contribution >= 4 is 27.8 Å². The van der Waals surface area contributed by atoms with Crippen molar-refractivity contribution < 1.29 is 9.53 Å². The van der Waals surface area contributed by atoms with Gasteiger partial charge in [0.05, 0.1) is 17.6 Å². The summed E-state index contributed by atoms with van der Waals surface area (Å²) in [7, 11) is 0. The molecule has 0 unspecified atom stereocenters. The predicted molar refractivity (Wildman–Crippen MR) is 102 cm³/mol. The smallest absolute Gasteiger partial charge is 0.327 e. The fourth-order valence-corrected chi connectivity index (χ4v) is 3.24. The molecular weight excluding hydrogens is 326 g/mol. The average Bonchev–Trinajstić information content (AvgIpc) is 2.98. The molecule has 0 atom stereocenters. The molecule has 0 amide bonds. The van der Waals surface area contributed by atoms with E-state index in [-0.39, 0.29) is 12.5 Å². The normalized spacial score (nSPS) is 11.2. The van der Waals surface area contributed by atoms with Crippen LogP contribution in [-0.4, -0.2) is 27.3 Å². The summed E-state index contributed by atoms with van der Waals surface area (Å²) in [6, 6.07) is 16.1. The van der Waals surface area contributed by atoms with Gasteiger partial charge in [-0.25, -0.2) is 0 Å². The van der Waals surface area contributed by atoms with E-state index in [2.05, 4.69) is 18.0 Å². The quantitative estimate of drug-likeness (QED) is 0.522. The van der Waals surface area contributed by atoms with Crippen molar-refractivity contribution in [2.45, 2.75) is 20.4 Å². The Morgan fingerprint density at radius 3 is 2.81 bits per heavy atom. The number of hydrogen-bond donors (Lipinski definition) is 0. The van der Waals surface area contributed by atoms with Gasteiger partial charge >= 0.3 is 5.97 Å². The highest BCUT2D eigenvalue weighted by Gasteiger charge is 2.17. The number of nitrogens with zero attached hydrogens (tertiary/aromatic N) is 3. The molecule has 4 rings (SSSR count). The molecule has 2 heterocycles. The minimum Gasteiger partial charge on any atom is -0.465 e. The molecule has 26 heavy (non-hydrogen) atoms. The highest BCUT2D eigenvalue weighted by atomic mass is 16.5. The number of ether oxygens (including phenoxy) is 1. The van der Waals surface area contributed by atoms with Gasteiger partial charge in [0.25, 0.3) is 0 Å². The zero-order chi connectivity index (χ0) is 18.1. The molecule has 0 saturated heterocycles. The minimum absolute atomic E-state index is 0.0937. The van der Waals surface area contributed by atoms with Crippen LogP contribution in [0.4, 0.5) is 0 Å². The number of fused-ring (bicyclic) bond motifs is 2. The molecule has 0 aliphatic rings. The first-order chi connectivity index (χ1) is 12.7. The molecule has 0 spiro atoms. The fourth-order valence-electron chi connectivity index (χ4n) is 3.24. The van der Waals surface area contributed by atoms with Gasteiger partial charge < -0.3 is 4.74 Å². The van der Waals surface area contributed by atoms with Gasteiger partial charge in [-0.3, -0.25) is 14.5 Å². The third kappa shape index (κ3) is 2.81. The molecule has 0 fully saturated rings. The van der Waals surface area contributed by atoms with Gasteiger partial charge in [0.15, 0.2) is 0 Å². The van der Waals surface area contributed by atoms with Gasteiger partial charge in [-0.15, -0.1) is 0 Å². The highest BCUT2D eigenvalue weighted by molar-refractivity contribution is 6.02. The van der Waals surface area contributed by atoms with Crippen molar-refractivity contribution in [3.05, 3.63) is 60.3 Å². The first-order valence-corrected chi connectivity index (χ1v) is 8.64. The molecule has 2 aromatic carbocycles. The lowest BCUT2D eigenvalue weighted by molar-refractivity contribution is -0.143. The SMILES string of the molecule is CCOC(=O)Cn1nc(-c2ccnc3ccccc23)c2cc(C)ccc21. The van der Waals surface area contributed by atoms with Gasteiger partial charge in [0, 0.05) is 22.5 Å². The monoisotopic (exact) mass is 345 g/mol. The Labute approximate surface area is 151 Å². The number of carbonyl (C=O) groups excluding carboxylic acids is 1. The summed E-state index contributed by atoms with van der Waals surface area (Å²) in [5, 5.41) is 6.82. The van der Waals surface area contributed by atoms with Gasteiger partial charge in [0.2, 0.25) is 0 Å². The summed E-state index contributed by atoms with van der Waals surface area (Å²) >= 11 is 0. The number of aryl methyl sites for hydroxylation is 1. The third-order valence-corrected chi connectivity index (χ3v) is 4.39. The third-order valence-electron chi connectivity index (χ3n) is 4.39. The second kappa shape index (κ2) is 6.59. The number of esters is 1. The van der Waals surface area contributed by atoms with Gasteiger partial charge in [-0.1, -0.05) is 29.8 Å². The standard InChI is InChI=1S/C21H19N3O2/c1-3-26-20(25)13-24-19-9-8-14(2)12-17(19)21(23-24)16-10-11-22-18-7-5-4-6-15(16)18/h4-12H,3,13H2,1-2H3. The van der Waals surface area contributed by atoms with Crippen molar-refractivity contribution in [1.29, 1.82) is 0 Å². The average molecular weight is 345 g/mol. The van der Waals surface area contributed by atoms with Crippen molar-refractivity contribution in [1.82, 2.24) is 14.8 Å². The van der Waals surface area contributed by atoms with E-state index in [9.17, 15) is 4.79 Å². The summed E-state index contributed by atoms with van der Waals surface area (Å²) in [6.45, 7) is 4.31. The van der Waals surface area contributed by atoms with E-state index < -0.39 is 0 Å².